The molecule has 1 aromatic rings. The van der Waals surface area contributed by atoms with Gasteiger partial charge in [0, 0.05) is 19.6 Å². The molecule has 2 heterocycles. The Morgan fingerprint density at radius 2 is 1.97 bits per heavy atom. The lowest BCUT2D eigenvalue weighted by Crippen LogP contribution is -2.38. The van der Waals surface area contributed by atoms with Gasteiger partial charge in [-0.15, -0.1) is 0 Å². The first-order valence-corrected chi connectivity index (χ1v) is 11.1. The summed E-state index contributed by atoms with van der Waals surface area (Å²) in [7, 11) is 0. The predicted octanol–water partition coefficient (Wildman–Crippen LogP) is 2.44. The number of carbonyl (C=O) groups excluding carboxylic acids is 1. The topological polar surface area (TPSA) is 116 Å². The quantitative estimate of drug-likeness (QED) is 0.558. The number of ether oxygens (including phenoxy) is 5. The SMILES string of the molecule is CCOC(=O)C1=C(C)OC(N)=C(C#N)C1c1ccc(OCCN2CCOCC2)c(OCC)c1. The molecular formula is C24H31N3O6. The molecule has 1 aromatic carbocycles. The Labute approximate surface area is 194 Å². The minimum absolute atomic E-state index is 0.0307. The van der Waals surface area contributed by atoms with Crippen molar-refractivity contribution in [2.45, 2.75) is 26.7 Å². The molecule has 0 radical (unpaired) electrons. The molecule has 2 aliphatic heterocycles. The summed E-state index contributed by atoms with van der Waals surface area (Å²) >= 11 is 0. The molecular weight excluding hydrogens is 426 g/mol. The highest BCUT2D eigenvalue weighted by molar-refractivity contribution is 5.92. The fourth-order valence-electron chi connectivity index (χ4n) is 3.89. The maximum Gasteiger partial charge on any atom is 0.338 e. The zero-order valence-corrected chi connectivity index (χ0v) is 19.4. The van der Waals surface area contributed by atoms with Gasteiger partial charge in [0.2, 0.25) is 5.88 Å². The van der Waals surface area contributed by atoms with Crippen LogP contribution in [0.3, 0.4) is 0 Å². The Bertz CT molecular complexity index is 959. The van der Waals surface area contributed by atoms with Crippen molar-refractivity contribution in [1.82, 2.24) is 4.90 Å². The second-order valence-electron chi connectivity index (χ2n) is 7.56. The number of allylic oxidation sites excluding steroid dienone is 2. The van der Waals surface area contributed by atoms with E-state index in [0.29, 0.717) is 36.0 Å². The third-order valence-electron chi connectivity index (χ3n) is 5.47. The van der Waals surface area contributed by atoms with E-state index in [0.717, 1.165) is 32.8 Å². The maximum atomic E-state index is 12.7. The molecule has 0 aliphatic carbocycles. The van der Waals surface area contributed by atoms with Gasteiger partial charge in [-0.25, -0.2) is 4.79 Å². The van der Waals surface area contributed by atoms with E-state index in [9.17, 15) is 10.1 Å². The number of nitrogens with zero attached hydrogens (tertiary/aromatic N) is 2. The summed E-state index contributed by atoms with van der Waals surface area (Å²) in [5, 5.41) is 9.76. The minimum Gasteiger partial charge on any atom is -0.490 e. The molecule has 0 bridgehead atoms. The Morgan fingerprint density at radius 1 is 1.21 bits per heavy atom. The molecule has 1 unspecified atom stereocenters. The van der Waals surface area contributed by atoms with Gasteiger partial charge in [-0.2, -0.15) is 5.26 Å². The third kappa shape index (κ3) is 5.78. The lowest BCUT2D eigenvalue weighted by Gasteiger charge is -2.28. The number of hydrogen-bond acceptors (Lipinski definition) is 9. The van der Waals surface area contributed by atoms with E-state index in [1.54, 1.807) is 32.0 Å². The molecule has 0 saturated carbocycles. The summed E-state index contributed by atoms with van der Waals surface area (Å²) in [6, 6.07) is 7.46. The standard InChI is InChI=1S/C24H31N3O6/c1-4-30-20-14-17(6-7-19(20)32-13-10-27-8-11-29-12-9-27)22-18(15-25)23(26)33-16(3)21(22)24(28)31-5-2/h6-7,14,22H,4-5,8-13,26H2,1-3H3. The van der Waals surface area contributed by atoms with Gasteiger partial charge in [0.25, 0.3) is 0 Å². The van der Waals surface area contributed by atoms with E-state index in [1.807, 2.05) is 6.92 Å². The van der Waals surface area contributed by atoms with Gasteiger partial charge in [0.1, 0.15) is 24.0 Å². The predicted molar refractivity (Wildman–Crippen MR) is 120 cm³/mol. The molecule has 9 nitrogen and oxygen atoms in total. The average Bonchev–Trinajstić information content (AvgIpc) is 2.80. The summed E-state index contributed by atoms with van der Waals surface area (Å²) in [4.78, 5) is 15.0. The van der Waals surface area contributed by atoms with Gasteiger partial charge < -0.3 is 29.4 Å². The van der Waals surface area contributed by atoms with Gasteiger partial charge in [-0.1, -0.05) is 6.07 Å². The molecule has 33 heavy (non-hydrogen) atoms. The van der Waals surface area contributed by atoms with Crippen LogP contribution in [0, 0.1) is 11.3 Å². The van der Waals surface area contributed by atoms with E-state index in [2.05, 4.69) is 11.0 Å². The van der Waals surface area contributed by atoms with Crippen LogP contribution in [-0.2, 0) is 19.0 Å². The molecule has 178 valence electrons. The van der Waals surface area contributed by atoms with E-state index >= 15 is 0 Å². The number of rotatable bonds is 9. The monoisotopic (exact) mass is 457 g/mol. The molecule has 0 aromatic heterocycles. The van der Waals surface area contributed by atoms with Gasteiger partial charge in [-0.05, 0) is 38.5 Å². The van der Waals surface area contributed by atoms with Crippen LogP contribution in [0.4, 0.5) is 0 Å². The third-order valence-corrected chi connectivity index (χ3v) is 5.47. The Hall–Kier alpha value is -3.22. The number of morpholine rings is 1. The molecule has 3 rings (SSSR count). The van der Waals surface area contributed by atoms with E-state index in [1.165, 1.54) is 0 Å². The fraction of sp³-hybridized carbons (Fsp3) is 0.500. The van der Waals surface area contributed by atoms with Crippen LogP contribution in [-0.4, -0.2) is 63.5 Å². The second-order valence-corrected chi connectivity index (χ2v) is 7.56. The van der Waals surface area contributed by atoms with Crippen LogP contribution in [0.5, 0.6) is 11.5 Å². The summed E-state index contributed by atoms with van der Waals surface area (Å²) in [6.07, 6.45) is 0. The van der Waals surface area contributed by atoms with Gasteiger partial charge in [0.05, 0.1) is 37.9 Å². The van der Waals surface area contributed by atoms with Crippen molar-refractivity contribution in [2.75, 3.05) is 52.7 Å². The molecule has 0 amide bonds. The molecule has 9 heteroatoms. The minimum atomic E-state index is -0.732. The van der Waals surface area contributed by atoms with E-state index < -0.39 is 11.9 Å². The molecule has 1 saturated heterocycles. The fourth-order valence-corrected chi connectivity index (χ4v) is 3.89. The Balaban J connectivity index is 1.89. The van der Waals surface area contributed by atoms with Crippen molar-refractivity contribution in [3.05, 3.63) is 46.6 Å². The van der Waals surface area contributed by atoms with Crippen LogP contribution in [0.1, 0.15) is 32.3 Å². The first-order chi connectivity index (χ1) is 16.0. The number of carbonyl (C=O) groups is 1. The zero-order chi connectivity index (χ0) is 23.8. The first kappa shape index (κ1) is 24.4. The zero-order valence-electron chi connectivity index (χ0n) is 19.4. The van der Waals surface area contributed by atoms with Crippen molar-refractivity contribution in [3.8, 4) is 17.6 Å². The van der Waals surface area contributed by atoms with Gasteiger partial charge in [0.15, 0.2) is 11.5 Å². The number of hydrogen-bond donors (Lipinski definition) is 1. The summed E-state index contributed by atoms with van der Waals surface area (Å²) in [6.45, 7) is 10.4. The van der Waals surface area contributed by atoms with Crippen LogP contribution in [0.15, 0.2) is 41.0 Å². The van der Waals surface area contributed by atoms with Crippen LogP contribution < -0.4 is 15.2 Å². The molecule has 0 spiro atoms. The van der Waals surface area contributed by atoms with Gasteiger partial charge in [-0.3, -0.25) is 4.90 Å². The number of nitrogens with two attached hydrogens (primary N) is 1. The number of benzene rings is 1. The van der Waals surface area contributed by atoms with E-state index in [-0.39, 0.29) is 23.6 Å². The Kier molecular flexibility index (Phi) is 8.58. The van der Waals surface area contributed by atoms with Crippen LogP contribution in [0.2, 0.25) is 0 Å². The molecule has 2 aliphatic rings. The normalized spacial score (nSPS) is 19.0. The lowest BCUT2D eigenvalue weighted by molar-refractivity contribution is -0.139. The lowest BCUT2D eigenvalue weighted by atomic mass is 9.83. The molecule has 1 fully saturated rings. The van der Waals surface area contributed by atoms with Crippen molar-refractivity contribution in [2.24, 2.45) is 5.73 Å². The average molecular weight is 458 g/mol. The van der Waals surface area contributed by atoms with Crippen molar-refractivity contribution in [1.29, 1.82) is 5.26 Å². The Morgan fingerprint density at radius 3 is 2.64 bits per heavy atom. The van der Waals surface area contributed by atoms with Crippen molar-refractivity contribution in [3.63, 3.8) is 0 Å². The maximum absolute atomic E-state index is 12.7. The van der Waals surface area contributed by atoms with Crippen molar-refractivity contribution >= 4 is 5.97 Å². The largest absolute Gasteiger partial charge is 0.490 e. The first-order valence-electron chi connectivity index (χ1n) is 11.1. The molecule has 1 atom stereocenters. The van der Waals surface area contributed by atoms with Crippen LogP contribution in [0.25, 0.3) is 0 Å². The highest BCUT2D eigenvalue weighted by Gasteiger charge is 2.36. The smallest absolute Gasteiger partial charge is 0.338 e. The van der Waals surface area contributed by atoms with Crippen LogP contribution >= 0.6 is 0 Å². The summed E-state index contributed by atoms with van der Waals surface area (Å²) < 4.78 is 27.9. The number of esters is 1. The van der Waals surface area contributed by atoms with E-state index in [4.69, 9.17) is 29.4 Å². The van der Waals surface area contributed by atoms with Gasteiger partial charge >= 0.3 is 5.97 Å². The number of nitriles is 1. The summed E-state index contributed by atoms with van der Waals surface area (Å²) in [5.41, 5.74) is 7.03. The summed E-state index contributed by atoms with van der Waals surface area (Å²) in [5.74, 6) is 0.110. The highest BCUT2D eigenvalue weighted by Crippen LogP contribution is 2.42. The second kappa shape index (κ2) is 11.6. The molecule has 2 N–H and O–H groups in total. The van der Waals surface area contributed by atoms with Crippen molar-refractivity contribution < 1.29 is 28.5 Å². The highest BCUT2D eigenvalue weighted by atomic mass is 16.5.